The minimum absolute atomic E-state index is 0.0774. The SMILES string of the molecule is C=CC[C@@](N)(CC(c1cccc(Cl)c1)[C@@H](O)c1ccc(Cl)cc1)C1=N[C@@H](C(C)C)CO1. The van der Waals surface area contributed by atoms with E-state index in [9.17, 15) is 5.11 Å². The Morgan fingerprint density at radius 3 is 2.48 bits per heavy atom. The van der Waals surface area contributed by atoms with Gasteiger partial charge in [0.15, 0.2) is 0 Å². The number of ether oxygens (including phenoxy) is 1. The van der Waals surface area contributed by atoms with Crippen LogP contribution in [0.1, 0.15) is 49.8 Å². The number of nitrogens with two attached hydrogens (primary N) is 1. The zero-order chi connectivity index (χ0) is 22.6. The van der Waals surface area contributed by atoms with Gasteiger partial charge < -0.3 is 15.6 Å². The van der Waals surface area contributed by atoms with E-state index >= 15 is 0 Å². The van der Waals surface area contributed by atoms with Crippen LogP contribution in [0.25, 0.3) is 0 Å². The molecule has 6 heteroatoms. The maximum Gasteiger partial charge on any atom is 0.204 e. The predicted octanol–water partition coefficient (Wildman–Crippen LogP) is 5.93. The van der Waals surface area contributed by atoms with E-state index in [-0.39, 0.29) is 12.0 Å². The highest BCUT2D eigenvalue weighted by Crippen LogP contribution is 2.40. The smallest absolute Gasteiger partial charge is 0.204 e. The Labute approximate surface area is 194 Å². The van der Waals surface area contributed by atoms with Gasteiger partial charge in [0.1, 0.15) is 6.61 Å². The lowest BCUT2D eigenvalue weighted by Crippen LogP contribution is -2.49. The van der Waals surface area contributed by atoms with E-state index < -0.39 is 11.6 Å². The fourth-order valence-electron chi connectivity index (χ4n) is 3.95. The lowest BCUT2D eigenvalue weighted by atomic mass is 9.77. The number of halogens is 2. The van der Waals surface area contributed by atoms with E-state index in [1.807, 2.05) is 36.4 Å². The van der Waals surface area contributed by atoms with E-state index in [1.54, 1.807) is 18.2 Å². The molecule has 0 saturated heterocycles. The van der Waals surface area contributed by atoms with Gasteiger partial charge in [-0.3, -0.25) is 0 Å². The lowest BCUT2D eigenvalue weighted by molar-refractivity contribution is 0.130. The minimum Gasteiger partial charge on any atom is -0.477 e. The van der Waals surface area contributed by atoms with E-state index in [4.69, 9.17) is 38.7 Å². The summed E-state index contributed by atoms with van der Waals surface area (Å²) in [7, 11) is 0. The Bertz CT molecular complexity index is 929. The molecule has 0 bridgehead atoms. The van der Waals surface area contributed by atoms with Gasteiger partial charge in [-0.15, -0.1) is 6.58 Å². The van der Waals surface area contributed by atoms with Gasteiger partial charge in [-0.1, -0.05) is 67.4 Å². The summed E-state index contributed by atoms with van der Waals surface area (Å²) < 4.78 is 5.96. The van der Waals surface area contributed by atoms with Gasteiger partial charge in [0.25, 0.3) is 0 Å². The molecule has 1 aliphatic rings. The number of hydrogen-bond acceptors (Lipinski definition) is 4. The van der Waals surface area contributed by atoms with Gasteiger partial charge in [0.2, 0.25) is 5.90 Å². The topological polar surface area (TPSA) is 67.8 Å². The van der Waals surface area contributed by atoms with Crippen molar-refractivity contribution in [1.29, 1.82) is 0 Å². The van der Waals surface area contributed by atoms with Crippen molar-refractivity contribution in [2.75, 3.05) is 6.61 Å². The molecule has 0 radical (unpaired) electrons. The summed E-state index contributed by atoms with van der Waals surface area (Å²) in [4.78, 5) is 4.78. The standard InChI is InChI=1S/C25H30Cl2N2O2/c1-4-12-25(28,24-29-22(15-31-24)16(2)3)14-21(18-6-5-7-20(27)13-18)23(30)17-8-10-19(26)11-9-17/h4-11,13,16,21-23,30H,1,12,14-15,28H2,2-3H3/t21?,22-,23+,25-/m1/s1. The molecular formula is C25H30Cl2N2O2. The van der Waals surface area contributed by atoms with Crippen molar-refractivity contribution in [3.8, 4) is 0 Å². The molecule has 0 spiro atoms. The van der Waals surface area contributed by atoms with Crippen molar-refractivity contribution in [2.24, 2.45) is 16.6 Å². The molecule has 0 saturated carbocycles. The third-order valence-electron chi connectivity index (χ3n) is 5.83. The van der Waals surface area contributed by atoms with E-state index in [0.29, 0.717) is 41.3 Å². The average Bonchev–Trinajstić information content (AvgIpc) is 3.24. The molecule has 4 atom stereocenters. The molecule has 3 rings (SSSR count). The number of nitrogens with zero attached hydrogens (tertiary/aromatic N) is 1. The number of aliphatic hydroxyl groups is 1. The van der Waals surface area contributed by atoms with Crippen LogP contribution in [-0.4, -0.2) is 29.2 Å². The molecule has 2 aromatic carbocycles. The fourth-order valence-corrected chi connectivity index (χ4v) is 4.28. The zero-order valence-electron chi connectivity index (χ0n) is 18.0. The first-order valence-electron chi connectivity index (χ1n) is 10.5. The third kappa shape index (κ3) is 5.69. The first-order chi connectivity index (χ1) is 14.7. The molecule has 1 heterocycles. The first-order valence-corrected chi connectivity index (χ1v) is 11.3. The van der Waals surface area contributed by atoms with E-state index in [1.165, 1.54) is 0 Å². The van der Waals surface area contributed by atoms with Crippen LogP contribution in [0.4, 0.5) is 0 Å². The number of benzene rings is 2. The summed E-state index contributed by atoms with van der Waals surface area (Å²) in [6, 6.07) is 14.8. The van der Waals surface area contributed by atoms with E-state index in [0.717, 1.165) is 11.1 Å². The highest BCUT2D eigenvalue weighted by Gasteiger charge is 2.41. The van der Waals surface area contributed by atoms with Gasteiger partial charge in [0.05, 0.1) is 17.7 Å². The van der Waals surface area contributed by atoms with Gasteiger partial charge >= 0.3 is 0 Å². The number of aliphatic hydroxyl groups excluding tert-OH is 1. The van der Waals surface area contributed by atoms with Crippen molar-refractivity contribution in [3.05, 3.63) is 82.4 Å². The third-order valence-corrected chi connectivity index (χ3v) is 6.32. The van der Waals surface area contributed by atoms with Crippen molar-refractivity contribution >= 4 is 29.1 Å². The molecule has 2 aromatic rings. The number of aliphatic imine (C=N–C) groups is 1. The molecule has 0 aliphatic carbocycles. The lowest BCUT2D eigenvalue weighted by Gasteiger charge is -2.34. The molecule has 0 fully saturated rings. The monoisotopic (exact) mass is 460 g/mol. The van der Waals surface area contributed by atoms with Crippen LogP contribution in [-0.2, 0) is 4.74 Å². The van der Waals surface area contributed by atoms with Gasteiger partial charge in [0, 0.05) is 16.0 Å². The summed E-state index contributed by atoms with van der Waals surface area (Å²) in [5, 5.41) is 12.6. The Morgan fingerprint density at radius 1 is 1.19 bits per heavy atom. The summed E-state index contributed by atoms with van der Waals surface area (Å²) in [6.45, 7) is 8.64. The van der Waals surface area contributed by atoms with Crippen LogP contribution in [0.2, 0.25) is 10.0 Å². The number of hydrogen-bond donors (Lipinski definition) is 2. The van der Waals surface area contributed by atoms with Gasteiger partial charge in [-0.2, -0.15) is 0 Å². The highest BCUT2D eigenvalue weighted by molar-refractivity contribution is 6.30. The molecule has 31 heavy (non-hydrogen) atoms. The second kappa shape index (κ2) is 10.2. The van der Waals surface area contributed by atoms with Crippen LogP contribution in [0.5, 0.6) is 0 Å². The van der Waals surface area contributed by atoms with E-state index in [2.05, 4.69) is 20.4 Å². The molecular weight excluding hydrogens is 431 g/mol. The van der Waals surface area contributed by atoms with Gasteiger partial charge in [-0.05, 0) is 54.2 Å². The highest BCUT2D eigenvalue weighted by atomic mass is 35.5. The Morgan fingerprint density at radius 2 is 1.90 bits per heavy atom. The summed E-state index contributed by atoms with van der Waals surface area (Å²) in [5.74, 6) is 0.546. The summed E-state index contributed by atoms with van der Waals surface area (Å²) in [6.07, 6.45) is 1.85. The largest absolute Gasteiger partial charge is 0.477 e. The summed E-state index contributed by atoms with van der Waals surface area (Å²) in [5.41, 5.74) is 7.65. The second-order valence-corrected chi connectivity index (χ2v) is 9.44. The maximum absolute atomic E-state index is 11.4. The molecule has 166 valence electrons. The van der Waals surface area contributed by atoms with Crippen LogP contribution in [0, 0.1) is 5.92 Å². The van der Waals surface area contributed by atoms with Crippen molar-refractivity contribution in [3.63, 3.8) is 0 Å². The molecule has 3 N–H and O–H groups in total. The molecule has 0 aromatic heterocycles. The Kier molecular flexibility index (Phi) is 7.82. The van der Waals surface area contributed by atoms with Gasteiger partial charge in [-0.25, -0.2) is 4.99 Å². The van der Waals surface area contributed by atoms with Crippen molar-refractivity contribution in [1.82, 2.24) is 0 Å². The molecule has 4 nitrogen and oxygen atoms in total. The molecule has 1 unspecified atom stereocenters. The first kappa shape index (κ1) is 23.8. The molecule has 0 amide bonds. The van der Waals surface area contributed by atoms with Crippen LogP contribution >= 0.6 is 23.2 Å². The zero-order valence-corrected chi connectivity index (χ0v) is 19.5. The molecule has 1 aliphatic heterocycles. The van der Waals surface area contributed by atoms with Crippen molar-refractivity contribution < 1.29 is 9.84 Å². The minimum atomic E-state index is -0.897. The maximum atomic E-state index is 11.4. The predicted molar refractivity (Wildman–Crippen MR) is 129 cm³/mol. The quantitative estimate of drug-likeness (QED) is 0.455. The van der Waals surface area contributed by atoms with Crippen LogP contribution < -0.4 is 5.73 Å². The van der Waals surface area contributed by atoms with Crippen LogP contribution in [0.3, 0.4) is 0 Å². The van der Waals surface area contributed by atoms with Crippen molar-refractivity contribution in [2.45, 2.75) is 50.3 Å². The number of rotatable bonds is 9. The second-order valence-electron chi connectivity index (χ2n) is 8.57. The Balaban J connectivity index is 2.00. The average molecular weight is 461 g/mol. The Hall–Kier alpha value is -1.85. The summed E-state index contributed by atoms with van der Waals surface area (Å²) >= 11 is 12.3. The van der Waals surface area contributed by atoms with Crippen LogP contribution in [0.15, 0.2) is 66.2 Å². The fraction of sp³-hybridized carbons (Fsp3) is 0.400. The normalized spacial score (nSPS) is 20.0.